The van der Waals surface area contributed by atoms with Gasteiger partial charge in [-0.15, -0.1) is 0 Å². The summed E-state index contributed by atoms with van der Waals surface area (Å²) < 4.78 is 31.8. The molecule has 1 fully saturated rings. The fourth-order valence-electron chi connectivity index (χ4n) is 2.55. The van der Waals surface area contributed by atoms with Crippen molar-refractivity contribution in [3.63, 3.8) is 0 Å². The van der Waals surface area contributed by atoms with E-state index in [1.54, 1.807) is 0 Å². The second-order valence-electron chi connectivity index (χ2n) is 6.56. The Labute approximate surface area is 173 Å². The Bertz CT molecular complexity index is 711. The standard InChI is InChI=1S/C19H26O11/c1-9(10(2)20)7-26-19-18(29-14(6)24)17(28-13(5)23)16(27-12(4)22)15(30-19)8-25-11(3)21/h7,15-19H,8H2,1-6H3/b9-7+/t15-,16-,17+,18-,19-/m1/s1. The van der Waals surface area contributed by atoms with Crippen LogP contribution in [0.4, 0.5) is 0 Å². The second-order valence-corrected chi connectivity index (χ2v) is 6.56. The SMILES string of the molecule is CC(=O)OC[C@H]1O[C@@H](O/C=C(\C)C(C)=O)[C@H](OC(C)=O)[C@@H](OC(C)=O)[C@@H]1OC(C)=O. The largest absolute Gasteiger partial charge is 0.468 e. The smallest absolute Gasteiger partial charge is 0.303 e. The van der Waals surface area contributed by atoms with Crippen molar-refractivity contribution in [3.05, 3.63) is 11.8 Å². The number of hydrogen-bond donors (Lipinski definition) is 0. The molecule has 5 atom stereocenters. The van der Waals surface area contributed by atoms with Crippen LogP contribution in [-0.4, -0.2) is 67.0 Å². The van der Waals surface area contributed by atoms with Crippen LogP contribution in [0.1, 0.15) is 41.5 Å². The zero-order valence-corrected chi connectivity index (χ0v) is 17.7. The molecule has 0 spiro atoms. The number of ketones is 1. The van der Waals surface area contributed by atoms with Crippen LogP contribution in [0.15, 0.2) is 11.8 Å². The fourth-order valence-corrected chi connectivity index (χ4v) is 2.55. The Balaban J connectivity index is 3.35. The van der Waals surface area contributed by atoms with Crippen molar-refractivity contribution in [1.82, 2.24) is 0 Å². The minimum atomic E-state index is -1.36. The molecule has 0 aromatic carbocycles. The molecule has 30 heavy (non-hydrogen) atoms. The maximum atomic E-state index is 11.7. The van der Waals surface area contributed by atoms with Crippen molar-refractivity contribution in [2.45, 2.75) is 72.2 Å². The Morgan fingerprint density at radius 2 is 1.23 bits per heavy atom. The molecule has 0 aromatic heterocycles. The molecule has 0 aliphatic carbocycles. The molecule has 1 rings (SSSR count). The van der Waals surface area contributed by atoms with Gasteiger partial charge in [-0.2, -0.15) is 0 Å². The Hall–Kier alpha value is -2.95. The normalized spacial score (nSPS) is 26.2. The van der Waals surface area contributed by atoms with Crippen LogP contribution < -0.4 is 0 Å². The first-order chi connectivity index (χ1) is 13.9. The van der Waals surface area contributed by atoms with Crippen LogP contribution in [-0.2, 0) is 52.4 Å². The molecule has 0 unspecified atom stereocenters. The van der Waals surface area contributed by atoms with Gasteiger partial charge in [0.2, 0.25) is 12.4 Å². The van der Waals surface area contributed by atoms with Gasteiger partial charge in [0.25, 0.3) is 0 Å². The van der Waals surface area contributed by atoms with E-state index in [1.165, 1.54) is 20.8 Å². The summed E-state index contributed by atoms with van der Waals surface area (Å²) >= 11 is 0. The summed E-state index contributed by atoms with van der Waals surface area (Å²) in [5.74, 6) is -3.14. The van der Waals surface area contributed by atoms with E-state index in [0.29, 0.717) is 0 Å². The zero-order chi connectivity index (χ0) is 23.0. The number of ether oxygens (including phenoxy) is 6. The van der Waals surface area contributed by atoms with E-state index < -0.39 is 54.6 Å². The minimum Gasteiger partial charge on any atom is -0.468 e. The van der Waals surface area contributed by atoms with Crippen LogP contribution in [0.25, 0.3) is 0 Å². The monoisotopic (exact) mass is 430 g/mol. The lowest BCUT2D eigenvalue weighted by molar-refractivity contribution is -0.297. The number of carbonyl (C=O) groups excluding carboxylic acids is 5. The van der Waals surface area contributed by atoms with Crippen LogP contribution in [0.2, 0.25) is 0 Å². The molecule has 0 saturated carbocycles. The molecule has 11 heteroatoms. The van der Waals surface area contributed by atoms with E-state index in [4.69, 9.17) is 28.4 Å². The Morgan fingerprint density at radius 1 is 0.733 bits per heavy atom. The van der Waals surface area contributed by atoms with Gasteiger partial charge in [-0.3, -0.25) is 24.0 Å². The van der Waals surface area contributed by atoms with Gasteiger partial charge in [0.05, 0.1) is 6.26 Å². The highest BCUT2D eigenvalue weighted by molar-refractivity contribution is 5.92. The first kappa shape index (κ1) is 25.1. The topological polar surface area (TPSA) is 141 Å². The summed E-state index contributed by atoms with van der Waals surface area (Å²) in [6.45, 7) is 6.97. The molecule has 11 nitrogen and oxygen atoms in total. The zero-order valence-electron chi connectivity index (χ0n) is 17.7. The number of rotatable bonds is 8. The van der Waals surface area contributed by atoms with Crippen molar-refractivity contribution < 1.29 is 52.4 Å². The Morgan fingerprint density at radius 3 is 1.70 bits per heavy atom. The first-order valence-corrected chi connectivity index (χ1v) is 9.06. The average molecular weight is 430 g/mol. The summed E-state index contributed by atoms with van der Waals surface area (Å²) in [5, 5.41) is 0. The summed E-state index contributed by atoms with van der Waals surface area (Å²) in [7, 11) is 0. The number of allylic oxidation sites excluding steroid dienone is 1. The first-order valence-electron chi connectivity index (χ1n) is 9.06. The second kappa shape index (κ2) is 11.3. The third-order valence-electron chi connectivity index (χ3n) is 3.88. The lowest BCUT2D eigenvalue weighted by Crippen LogP contribution is -2.62. The fraction of sp³-hybridized carbons (Fsp3) is 0.632. The predicted molar refractivity (Wildman–Crippen MR) is 97.5 cm³/mol. The highest BCUT2D eigenvalue weighted by atomic mass is 16.7. The van der Waals surface area contributed by atoms with Gasteiger partial charge >= 0.3 is 23.9 Å². The van der Waals surface area contributed by atoms with Crippen molar-refractivity contribution in [3.8, 4) is 0 Å². The molecule has 1 aliphatic rings. The summed E-state index contributed by atoms with van der Waals surface area (Å²) in [4.78, 5) is 57.6. The van der Waals surface area contributed by atoms with Gasteiger partial charge in [-0.1, -0.05) is 0 Å². The van der Waals surface area contributed by atoms with Crippen molar-refractivity contribution >= 4 is 29.7 Å². The quantitative estimate of drug-likeness (QED) is 0.231. The van der Waals surface area contributed by atoms with Gasteiger partial charge < -0.3 is 28.4 Å². The highest BCUT2D eigenvalue weighted by Crippen LogP contribution is 2.30. The molecule has 168 valence electrons. The van der Waals surface area contributed by atoms with Gasteiger partial charge in [0, 0.05) is 33.3 Å². The van der Waals surface area contributed by atoms with Crippen molar-refractivity contribution in [1.29, 1.82) is 0 Å². The lowest BCUT2D eigenvalue weighted by Gasteiger charge is -2.43. The van der Waals surface area contributed by atoms with E-state index in [9.17, 15) is 24.0 Å². The van der Waals surface area contributed by atoms with Crippen LogP contribution in [0, 0.1) is 0 Å². The van der Waals surface area contributed by atoms with E-state index in [-0.39, 0.29) is 18.0 Å². The van der Waals surface area contributed by atoms with E-state index in [1.807, 2.05) is 0 Å². The summed E-state index contributed by atoms with van der Waals surface area (Å²) in [6, 6.07) is 0. The van der Waals surface area contributed by atoms with Crippen molar-refractivity contribution in [2.24, 2.45) is 0 Å². The third kappa shape index (κ3) is 7.82. The van der Waals surface area contributed by atoms with Gasteiger partial charge in [0.15, 0.2) is 18.0 Å². The molecule has 1 heterocycles. The predicted octanol–water partition coefficient (Wildman–Crippen LogP) is 0.579. The molecule has 0 bridgehead atoms. The average Bonchev–Trinajstić information content (AvgIpc) is 2.60. The molecular weight excluding hydrogens is 404 g/mol. The van der Waals surface area contributed by atoms with E-state index in [0.717, 1.165) is 27.0 Å². The maximum absolute atomic E-state index is 11.7. The molecule has 1 saturated heterocycles. The van der Waals surface area contributed by atoms with E-state index >= 15 is 0 Å². The minimum absolute atomic E-state index is 0.239. The molecule has 0 radical (unpaired) electrons. The number of esters is 4. The van der Waals surface area contributed by atoms with Crippen LogP contribution in [0.3, 0.4) is 0 Å². The molecular formula is C19H26O11. The maximum Gasteiger partial charge on any atom is 0.303 e. The van der Waals surface area contributed by atoms with Gasteiger partial charge in [0.1, 0.15) is 12.7 Å². The molecule has 0 N–H and O–H groups in total. The van der Waals surface area contributed by atoms with Gasteiger partial charge in [-0.25, -0.2) is 0 Å². The van der Waals surface area contributed by atoms with Crippen molar-refractivity contribution in [2.75, 3.05) is 6.61 Å². The van der Waals surface area contributed by atoms with Gasteiger partial charge in [-0.05, 0) is 13.8 Å². The van der Waals surface area contributed by atoms with Crippen LogP contribution in [0.5, 0.6) is 0 Å². The highest BCUT2D eigenvalue weighted by Gasteiger charge is 2.53. The van der Waals surface area contributed by atoms with Crippen LogP contribution >= 0.6 is 0 Å². The number of carbonyl (C=O) groups is 5. The molecule has 1 aliphatic heterocycles. The van der Waals surface area contributed by atoms with E-state index in [2.05, 4.69) is 0 Å². The lowest BCUT2D eigenvalue weighted by atomic mass is 9.98. The third-order valence-corrected chi connectivity index (χ3v) is 3.88. The summed E-state index contributed by atoms with van der Waals surface area (Å²) in [6.07, 6.45) is -5.33. The summed E-state index contributed by atoms with van der Waals surface area (Å²) in [5.41, 5.74) is 0.239. The Kier molecular flexibility index (Phi) is 9.44. The molecule has 0 aromatic rings. The molecule has 0 amide bonds. The number of Topliss-reactive ketones (excluding diaryl/α,β-unsaturated/α-hetero) is 1. The number of hydrogen-bond acceptors (Lipinski definition) is 11.